The Morgan fingerprint density at radius 1 is 1.55 bits per heavy atom. The van der Waals surface area contributed by atoms with Crippen molar-refractivity contribution in [2.45, 2.75) is 12.8 Å². The minimum absolute atomic E-state index is 0.0137. The van der Waals surface area contributed by atoms with Gasteiger partial charge in [-0.15, -0.1) is 22.9 Å². The van der Waals surface area contributed by atoms with Gasteiger partial charge in [0, 0.05) is 22.6 Å². The Morgan fingerprint density at radius 3 is 2.85 bits per heavy atom. The zero-order valence-electron chi connectivity index (χ0n) is 10.4. The highest BCUT2D eigenvalue weighted by Gasteiger charge is 2.14. The number of alkyl halides is 1. The largest absolute Gasteiger partial charge is 0.298 e. The van der Waals surface area contributed by atoms with E-state index in [1.165, 1.54) is 29.5 Å². The molecule has 1 aromatic carbocycles. The summed E-state index contributed by atoms with van der Waals surface area (Å²) in [5.74, 6) is -0.0818. The second kappa shape index (κ2) is 5.98. The van der Waals surface area contributed by atoms with Crippen LogP contribution in [-0.4, -0.2) is 15.8 Å². The standard InChI is InChI=1S/C12H10ClN3O3S/c1-7-4-8(2-3-10(7)16(18)19)11(17)15-12-14-9(5-13)6-20-12/h2-4,6H,5H2,1H3,(H,14,15,17). The molecule has 0 unspecified atom stereocenters. The number of benzene rings is 1. The number of rotatable bonds is 4. The topological polar surface area (TPSA) is 85.1 Å². The Labute approximate surface area is 123 Å². The molecule has 0 bridgehead atoms. The Morgan fingerprint density at radius 2 is 2.30 bits per heavy atom. The molecule has 2 aromatic rings. The molecule has 0 saturated heterocycles. The quantitative estimate of drug-likeness (QED) is 0.533. The average molecular weight is 312 g/mol. The summed E-state index contributed by atoms with van der Waals surface area (Å²) >= 11 is 6.90. The molecule has 2 rings (SSSR count). The maximum atomic E-state index is 12.0. The van der Waals surface area contributed by atoms with Crippen LogP contribution < -0.4 is 5.32 Å². The fourth-order valence-electron chi connectivity index (χ4n) is 1.60. The van der Waals surface area contributed by atoms with Crippen molar-refractivity contribution in [1.29, 1.82) is 0 Å². The summed E-state index contributed by atoms with van der Waals surface area (Å²) in [4.78, 5) is 26.3. The monoisotopic (exact) mass is 311 g/mol. The number of carbonyl (C=O) groups is 1. The van der Waals surface area contributed by atoms with Crippen molar-refractivity contribution in [3.8, 4) is 0 Å². The van der Waals surface area contributed by atoms with Gasteiger partial charge in [-0.1, -0.05) is 0 Å². The molecule has 0 atom stereocenters. The first kappa shape index (κ1) is 14.4. The summed E-state index contributed by atoms with van der Waals surface area (Å²) in [5.41, 5.74) is 1.45. The number of anilines is 1. The first-order valence-corrected chi connectivity index (χ1v) is 6.99. The molecule has 1 heterocycles. The average Bonchev–Trinajstić information content (AvgIpc) is 2.85. The van der Waals surface area contributed by atoms with E-state index < -0.39 is 4.92 Å². The van der Waals surface area contributed by atoms with Crippen LogP contribution >= 0.6 is 22.9 Å². The second-order valence-electron chi connectivity index (χ2n) is 3.99. The van der Waals surface area contributed by atoms with E-state index in [1.807, 2.05) is 0 Å². The molecule has 20 heavy (non-hydrogen) atoms. The molecule has 6 nitrogen and oxygen atoms in total. The minimum atomic E-state index is -0.482. The highest BCUT2D eigenvalue weighted by atomic mass is 35.5. The molecular weight excluding hydrogens is 302 g/mol. The zero-order valence-corrected chi connectivity index (χ0v) is 12.0. The highest BCUT2D eigenvalue weighted by molar-refractivity contribution is 7.14. The van der Waals surface area contributed by atoms with Gasteiger partial charge in [-0.25, -0.2) is 4.98 Å². The Kier molecular flexibility index (Phi) is 4.31. The fraction of sp³-hybridized carbons (Fsp3) is 0.167. The van der Waals surface area contributed by atoms with Gasteiger partial charge in [0.15, 0.2) is 5.13 Å². The number of thiazole rings is 1. The molecule has 1 amide bonds. The van der Waals surface area contributed by atoms with Gasteiger partial charge in [0.25, 0.3) is 11.6 Å². The maximum absolute atomic E-state index is 12.0. The molecule has 0 aliphatic rings. The predicted octanol–water partition coefficient (Wildman–Crippen LogP) is 3.35. The van der Waals surface area contributed by atoms with E-state index >= 15 is 0 Å². The number of hydrogen-bond acceptors (Lipinski definition) is 5. The summed E-state index contributed by atoms with van der Waals surface area (Å²) in [6, 6.07) is 4.20. The summed E-state index contributed by atoms with van der Waals surface area (Å²) < 4.78 is 0. The van der Waals surface area contributed by atoms with E-state index in [0.717, 1.165) is 0 Å². The van der Waals surface area contributed by atoms with Crippen molar-refractivity contribution in [3.05, 3.63) is 50.5 Å². The lowest BCUT2D eigenvalue weighted by Gasteiger charge is -2.03. The number of aryl methyl sites for hydroxylation is 1. The normalized spacial score (nSPS) is 10.3. The Hall–Kier alpha value is -1.99. The SMILES string of the molecule is Cc1cc(C(=O)Nc2nc(CCl)cs2)ccc1[N+](=O)[O-]. The number of nitrogens with one attached hydrogen (secondary N) is 1. The van der Waals surface area contributed by atoms with Gasteiger partial charge in [0.05, 0.1) is 16.5 Å². The van der Waals surface area contributed by atoms with Crippen molar-refractivity contribution >= 4 is 39.7 Å². The molecule has 0 aliphatic heterocycles. The lowest BCUT2D eigenvalue weighted by atomic mass is 10.1. The van der Waals surface area contributed by atoms with Crippen molar-refractivity contribution in [3.63, 3.8) is 0 Å². The molecule has 0 radical (unpaired) electrons. The number of halogens is 1. The van der Waals surface area contributed by atoms with Crippen LogP contribution in [0.4, 0.5) is 10.8 Å². The summed E-state index contributed by atoms with van der Waals surface area (Å²) in [7, 11) is 0. The van der Waals surface area contributed by atoms with Crippen molar-refractivity contribution < 1.29 is 9.72 Å². The first-order valence-electron chi connectivity index (χ1n) is 5.58. The van der Waals surface area contributed by atoms with Crippen LogP contribution in [0.3, 0.4) is 0 Å². The summed E-state index contributed by atoms with van der Waals surface area (Å²) in [5, 5.41) is 15.5. The fourth-order valence-corrected chi connectivity index (χ4v) is 2.53. The third kappa shape index (κ3) is 3.12. The first-order chi connectivity index (χ1) is 9.51. The number of carbonyl (C=O) groups excluding carboxylic acids is 1. The number of nitrogens with zero attached hydrogens (tertiary/aromatic N) is 2. The van der Waals surface area contributed by atoms with E-state index in [0.29, 0.717) is 22.0 Å². The van der Waals surface area contributed by atoms with Crippen molar-refractivity contribution in [2.75, 3.05) is 5.32 Å². The van der Waals surface area contributed by atoms with E-state index in [1.54, 1.807) is 12.3 Å². The molecular formula is C12H10ClN3O3S. The number of nitro groups is 1. The highest BCUT2D eigenvalue weighted by Crippen LogP contribution is 2.21. The van der Waals surface area contributed by atoms with Gasteiger partial charge in [0.1, 0.15) is 0 Å². The molecule has 8 heteroatoms. The number of amides is 1. The molecule has 1 N–H and O–H groups in total. The summed E-state index contributed by atoms with van der Waals surface area (Å²) in [6.07, 6.45) is 0. The number of aromatic nitrogens is 1. The van der Waals surface area contributed by atoms with Crippen LogP contribution in [0.1, 0.15) is 21.6 Å². The van der Waals surface area contributed by atoms with Crippen LogP contribution in [-0.2, 0) is 5.88 Å². The van der Waals surface area contributed by atoms with Gasteiger partial charge in [-0.2, -0.15) is 0 Å². The third-order valence-electron chi connectivity index (χ3n) is 2.56. The van der Waals surface area contributed by atoms with Crippen LogP contribution in [0.25, 0.3) is 0 Å². The van der Waals surface area contributed by atoms with Gasteiger partial charge in [-0.3, -0.25) is 20.2 Å². The summed E-state index contributed by atoms with van der Waals surface area (Å²) in [6.45, 7) is 1.59. The van der Waals surface area contributed by atoms with Crippen LogP contribution in [0.5, 0.6) is 0 Å². The number of nitro benzene ring substituents is 1. The maximum Gasteiger partial charge on any atom is 0.272 e. The molecule has 1 aromatic heterocycles. The van der Waals surface area contributed by atoms with Crippen LogP contribution in [0, 0.1) is 17.0 Å². The van der Waals surface area contributed by atoms with E-state index in [9.17, 15) is 14.9 Å². The second-order valence-corrected chi connectivity index (χ2v) is 5.12. The van der Waals surface area contributed by atoms with Crippen LogP contribution in [0.2, 0.25) is 0 Å². The minimum Gasteiger partial charge on any atom is -0.298 e. The van der Waals surface area contributed by atoms with Gasteiger partial charge < -0.3 is 0 Å². The van der Waals surface area contributed by atoms with Gasteiger partial charge in [-0.05, 0) is 19.1 Å². The van der Waals surface area contributed by atoms with Gasteiger partial charge >= 0.3 is 0 Å². The lowest BCUT2D eigenvalue weighted by molar-refractivity contribution is -0.385. The molecule has 0 fully saturated rings. The zero-order chi connectivity index (χ0) is 14.7. The lowest BCUT2D eigenvalue weighted by Crippen LogP contribution is -2.12. The van der Waals surface area contributed by atoms with Gasteiger partial charge in [0.2, 0.25) is 0 Å². The Balaban J connectivity index is 2.17. The molecule has 0 saturated carbocycles. The molecule has 0 aliphatic carbocycles. The molecule has 104 valence electrons. The van der Waals surface area contributed by atoms with Crippen LogP contribution in [0.15, 0.2) is 23.6 Å². The smallest absolute Gasteiger partial charge is 0.272 e. The van der Waals surface area contributed by atoms with E-state index in [4.69, 9.17) is 11.6 Å². The Bertz CT molecular complexity index is 672. The molecule has 0 spiro atoms. The van der Waals surface area contributed by atoms with E-state index in [2.05, 4.69) is 10.3 Å². The van der Waals surface area contributed by atoms with Crippen molar-refractivity contribution in [2.24, 2.45) is 0 Å². The van der Waals surface area contributed by atoms with Crippen molar-refractivity contribution in [1.82, 2.24) is 4.98 Å². The number of hydrogen-bond donors (Lipinski definition) is 1. The third-order valence-corrected chi connectivity index (χ3v) is 3.65. The van der Waals surface area contributed by atoms with E-state index in [-0.39, 0.29) is 17.5 Å². The predicted molar refractivity (Wildman–Crippen MR) is 77.5 cm³/mol.